The molecule has 0 radical (unpaired) electrons. The number of rotatable bonds is 5. The van der Waals surface area contributed by atoms with Gasteiger partial charge in [-0.1, -0.05) is 30.3 Å². The van der Waals surface area contributed by atoms with Gasteiger partial charge < -0.3 is 9.80 Å². The van der Waals surface area contributed by atoms with Gasteiger partial charge >= 0.3 is 0 Å². The van der Waals surface area contributed by atoms with Gasteiger partial charge in [0.25, 0.3) is 5.91 Å². The first-order chi connectivity index (χ1) is 12.5. The van der Waals surface area contributed by atoms with Gasteiger partial charge in [-0.15, -0.1) is 11.8 Å². The topological polar surface area (TPSA) is 40.6 Å². The lowest BCUT2D eigenvalue weighted by Crippen LogP contribution is -2.38. The molecule has 6 heteroatoms. The first-order valence-corrected chi connectivity index (χ1v) is 9.50. The van der Waals surface area contributed by atoms with E-state index in [9.17, 15) is 14.0 Å². The van der Waals surface area contributed by atoms with E-state index in [2.05, 4.69) is 0 Å². The van der Waals surface area contributed by atoms with Crippen LogP contribution in [0.15, 0.2) is 48.5 Å². The molecule has 3 rings (SSSR count). The van der Waals surface area contributed by atoms with Gasteiger partial charge in [0.1, 0.15) is 11.2 Å². The van der Waals surface area contributed by atoms with Gasteiger partial charge in [0.15, 0.2) is 0 Å². The van der Waals surface area contributed by atoms with Crippen molar-refractivity contribution in [2.45, 2.75) is 12.3 Å². The molecular formula is C20H21FN2O2S. The lowest BCUT2D eigenvalue weighted by Gasteiger charge is -2.27. The molecule has 0 aromatic heterocycles. The molecule has 1 atom stereocenters. The van der Waals surface area contributed by atoms with Gasteiger partial charge in [-0.05, 0) is 36.2 Å². The van der Waals surface area contributed by atoms with E-state index in [1.807, 2.05) is 36.1 Å². The number of nitrogens with zero attached hydrogens (tertiary/aromatic N) is 2. The van der Waals surface area contributed by atoms with Crippen LogP contribution in [-0.4, -0.2) is 47.5 Å². The molecule has 1 heterocycles. The number of carbonyl (C=O) groups is 2. The highest BCUT2D eigenvalue weighted by atomic mass is 32.2. The van der Waals surface area contributed by atoms with Crippen LogP contribution in [0, 0.1) is 12.7 Å². The van der Waals surface area contributed by atoms with Gasteiger partial charge in [-0.25, -0.2) is 4.39 Å². The minimum atomic E-state index is -0.435. The number of thioether (sulfide) groups is 1. The molecule has 0 spiro atoms. The van der Waals surface area contributed by atoms with E-state index in [0.29, 0.717) is 24.4 Å². The van der Waals surface area contributed by atoms with Crippen molar-refractivity contribution >= 4 is 23.6 Å². The van der Waals surface area contributed by atoms with E-state index in [1.165, 1.54) is 23.1 Å². The van der Waals surface area contributed by atoms with E-state index < -0.39 is 5.82 Å². The highest BCUT2D eigenvalue weighted by Gasteiger charge is 2.33. The molecule has 136 valence electrons. The average Bonchev–Trinajstić information content (AvgIpc) is 3.00. The van der Waals surface area contributed by atoms with Crippen molar-refractivity contribution in [1.29, 1.82) is 0 Å². The summed E-state index contributed by atoms with van der Waals surface area (Å²) in [5, 5.41) is -0.0265. The highest BCUT2D eigenvalue weighted by Crippen LogP contribution is 2.39. The van der Waals surface area contributed by atoms with Crippen molar-refractivity contribution in [3.8, 4) is 0 Å². The van der Waals surface area contributed by atoms with E-state index in [0.717, 1.165) is 11.1 Å². The van der Waals surface area contributed by atoms with Crippen LogP contribution in [-0.2, 0) is 4.79 Å². The molecule has 1 fully saturated rings. The molecule has 0 N–H and O–H groups in total. The van der Waals surface area contributed by atoms with Crippen molar-refractivity contribution in [2.75, 3.05) is 25.9 Å². The number of carbonyl (C=O) groups excluding carboxylic acids is 2. The third-order valence-electron chi connectivity index (χ3n) is 4.52. The Morgan fingerprint density at radius 3 is 2.77 bits per heavy atom. The summed E-state index contributed by atoms with van der Waals surface area (Å²) in [4.78, 5) is 28.1. The quantitative estimate of drug-likeness (QED) is 0.807. The minimum Gasteiger partial charge on any atom is -0.340 e. The molecule has 0 aliphatic carbocycles. The van der Waals surface area contributed by atoms with Crippen LogP contribution in [0.1, 0.15) is 26.9 Å². The summed E-state index contributed by atoms with van der Waals surface area (Å²) in [5.74, 6) is -0.165. The summed E-state index contributed by atoms with van der Waals surface area (Å²) < 4.78 is 13.3. The number of amides is 2. The largest absolute Gasteiger partial charge is 0.340 e. The molecule has 2 aromatic rings. The van der Waals surface area contributed by atoms with Gasteiger partial charge in [-0.2, -0.15) is 0 Å². The Morgan fingerprint density at radius 2 is 2.04 bits per heavy atom. The standard InChI is InChI=1S/C20H21FN2O2S/c1-14-6-3-4-9-17(14)20-23(18(24)13-26-20)11-10-22(2)19(25)15-7-5-8-16(21)12-15/h3-9,12,20H,10-11,13H2,1-2H3/t20-/m0/s1. The van der Waals surface area contributed by atoms with Crippen LogP contribution in [0.3, 0.4) is 0 Å². The molecule has 1 saturated heterocycles. The summed E-state index contributed by atoms with van der Waals surface area (Å²) in [7, 11) is 1.67. The average molecular weight is 372 g/mol. The van der Waals surface area contributed by atoms with Crippen molar-refractivity contribution in [3.63, 3.8) is 0 Å². The lowest BCUT2D eigenvalue weighted by molar-refractivity contribution is -0.128. The Balaban J connectivity index is 1.68. The van der Waals surface area contributed by atoms with Crippen LogP contribution < -0.4 is 0 Å². The molecule has 0 bridgehead atoms. The third-order valence-corrected chi connectivity index (χ3v) is 5.75. The summed E-state index contributed by atoms with van der Waals surface area (Å²) in [6.07, 6.45) is 0. The highest BCUT2D eigenvalue weighted by molar-refractivity contribution is 8.00. The van der Waals surface area contributed by atoms with E-state index in [-0.39, 0.29) is 17.2 Å². The zero-order chi connectivity index (χ0) is 18.7. The lowest BCUT2D eigenvalue weighted by atomic mass is 10.1. The molecule has 26 heavy (non-hydrogen) atoms. The van der Waals surface area contributed by atoms with Gasteiger partial charge in [0.05, 0.1) is 5.75 Å². The summed E-state index contributed by atoms with van der Waals surface area (Å²) in [5.41, 5.74) is 2.58. The fourth-order valence-corrected chi connectivity index (χ4v) is 4.33. The predicted molar refractivity (Wildman–Crippen MR) is 101 cm³/mol. The molecule has 2 aromatic carbocycles. The summed E-state index contributed by atoms with van der Waals surface area (Å²) >= 11 is 1.61. The number of aryl methyl sites for hydroxylation is 1. The zero-order valence-corrected chi connectivity index (χ0v) is 15.6. The second-order valence-corrected chi connectivity index (χ2v) is 7.41. The summed E-state index contributed by atoms with van der Waals surface area (Å²) in [6.45, 7) is 2.88. The van der Waals surface area contributed by atoms with Crippen LogP contribution in [0.2, 0.25) is 0 Å². The fraction of sp³-hybridized carbons (Fsp3) is 0.300. The van der Waals surface area contributed by atoms with E-state index >= 15 is 0 Å². The van der Waals surface area contributed by atoms with E-state index in [1.54, 1.807) is 24.9 Å². The van der Waals surface area contributed by atoms with Crippen molar-refractivity contribution in [2.24, 2.45) is 0 Å². The number of benzene rings is 2. The van der Waals surface area contributed by atoms with Crippen LogP contribution in [0.4, 0.5) is 4.39 Å². The first-order valence-electron chi connectivity index (χ1n) is 8.45. The smallest absolute Gasteiger partial charge is 0.253 e. The normalized spacial score (nSPS) is 16.8. The maximum atomic E-state index is 13.3. The molecule has 0 saturated carbocycles. The van der Waals surface area contributed by atoms with Gasteiger partial charge in [0, 0.05) is 25.7 Å². The van der Waals surface area contributed by atoms with Crippen molar-refractivity contribution in [1.82, 2.24) is 9.80 Å². The van der Waals surface area contributed by atoms with E-state index in [4.69, 9.17) is 0 Å². The second kappa shape index (κ2) is 7.91. The van der Waals surface area contributed by atoms with Gasteiger partial charge in [0.2, 0.25) is 5.91 Å². The second-order valence-electron chi connectivity index (χ2n) is 6.34. The number of likely N-dealkylation sites (N-methyl/N-ethyl adjacent to an activating group) is 1. The first kappa shape index (κ1) is 18.5. The maximum absolute atomic E-state index is 13.3. The summed E-state index contributed by atoms with van der Waals surface area (Å²) in [6, 6.07) is 13.7. The Labute approximate surface area is 157 Å². The molecule has 1 aliphatic rings. The number of hydrogen-bond donors (Lipinski definition) is 0. The molecule has 1 aliphatic heterocycles. The Morgan fingerprint density at radius 1 is 1.27 bits per heavy atom. The van der Waals surface area contributed by atoms with Crippen molar-refractivity contribution < 1.29 is 14.0 Å². The fourth-order valence-electron chi connectivity index (χ4n) is 3.02. The van der Waals surface area contributed by atoms with Crippen LogP contribution in [0.25, 0.3) is 0 Å². The maximum Gasteiger partial charge on any atom is 0.253 e. The zero-order valence-electron chi connectivity index (χ0n) is 14.8. The molecular weight excluding hydrogens is 351 g/mol. The van der Waals surface area contributed by atoms with Crippen LogP contribution in [0.5, 0.6) is 0 Å². The predicted octanol–water partition coefficient (Wildman–Crippen LogP) is 3.48. The Hall–Kier alpha value is -2.34. The third kappa shape index (κ3) is 3.90. The minimum absolute atomic E-state index is 0.0265. The van der Waals surface area contributed by atoms with Crippen molar-refractivity contribution in [3.05, 3.63) is 71.0 Å². The molecule has 2 amide bonds. The monoisotopic (exact) mass is 372 g/mol. The van der Waals surface area contributed by atoms with Gasteiger partial charge in [-0.3, -0.25) is 9.59 Å². The molecule has 0 unspecified atom stereocenters. The Bertz CT molecular complexity index is 827. The number of hydrogen-bond acceptors (Lipinski definition) is 3. The Kier molecular flexibility index (Phi) is 5.61. The number of halogens is 1. The molecule has 4 nitrogen and oxygen atoms in total. The van der Waals surface area contributed by atoms with Crippen LogP contribution >= 0.6 is 11.8 Å². The SMILES string of the molecule is Cc1ccccc1[C@@H]1SCC(=O)N1CCN(C)C(=O)c1cccc(F)c1.